The van der Waals surface area contributed by atoms with Crippen LogP contribution in [0.25, 0.3) is 11.3 Å². The van der Waals surface area contributed by atoms with Crippen LogP contribution in [-0.4, -0.2) is 48.8 Å². The molecule has 8 nitrogen and oxygen atoms in total. The van der Waals surface area contributed by atoms with E-state index in [1.807, 2.05) is 12.1 Å². The summed E-state index contributed by atoms with van der Waals surface area (Å²) < 4.78 is 3.28. The Hall–Kier alpha value is -3.13. The summed E-state index contributed by atoms with van der Waals surface area (Å²) in [6.07, 6.45) is 10.2. The molecule has 150 valence electrons. The van der Waals surface area contributed by atoms with E-state index in [2.05, 4.69) is 20.0 Å². The molecule has 1 aliphatic rings. The maximum Gasteiger partial charge on any atom is 0.269 e. The van der Waals surface area contributed by atoms with E-state index in [1.54, 1.807) is 46.2 Å². The fourth-order valence-electron chi connectivity index (χ4n) is 3.70. The van der Waals surface area contributed by atoms with Crippen LogP contribution >= 0.6 is 0 Å². The van der Waals surface area contributed by atoms with Crippen molar-refractivity contribution >= 4 is 0 Å². The van der Waals surface area contributed by atoms with E-state index < -0.39 is 0 Å². The third kappa shape index (κ3) is 4.83. The zero-order chi connectivity index (χ0) is 20.1. The van der Waals surface area contributed by atoms with Gasteiger partial charge < -0.3 is 9.47 Å². The van der Waals surface area contributed by atoms with Crippen molar-refractivity contribution < 1.29 is 0 Å². The van der Waals surface area contributed by atoms with Gasteiger partial charge in [-0.25, -0.2) is 4.68 Å². The Balaban J connectivity index is 1.33. The fourth-order valence-corrected chi connectivity index (χ4v) is 3.70. The van der Waals surface area contributed by atoms with Crippen LogP contribution in [0, 0.1) is 5.92 Å². The van der Waals surface area contributed by atoms with Crippen molar-refractivity contribution in [2.75, 3.05) is 19.6 Å². The topological polar surface area (TPSA) is 85.9 Å². The first-order valence-electron chi connectivity index (χ1n) is 9.90. The lowest BCUT2D eigenvalue weighted by atomic mass is 9.97. The molecule has 0 radical (unpaired) electrons. The van der Waals surface area contributed by atoms with Crippen molar-refractivity contribution in [2.24, 2.45) is 5.92 Å². The van der Waals surface area contributed by atoms with Crippen LogP contribution in [0.2, 0.25) is 0 Å². The van der Waals surface area contributed by atoms with Crippen LogP contribution in [0.4, 0.5) is 0 Å². The van der Waals surface area contributed by atoms with Crippen molar-refractivity contribution in [2.45, 2.75) is 25.9 Å². The number of hydrogen-bond acceptors (Lipinski definition) is 6. The highest BCUT2D eigenvalue weighted by Gasteiger charge is 2.20. The normalized spacial score (nSPS) is 15.4. The molecule has 1 aliphatic heterocycles. The first kappa shape index (κ1) is 19.2. The smallest absolute Gasteiger partial charge is 0.269 e. The maximum absolute atomic E-state index is 12.3. The van der Waals surface area contributed by atoms with Crippen LogP contribution in [0.3, 0.4) is 0 Å². The summed E-state index contributed by atoms with van der Waals surface area (Å²) in [4.78, 5) is 34.3. The molecule has 0 saturated carbocycles. The van der Waals surface area contributed by atoms with Gasteiger partial charge in [-0.1, -0.05) is 0 Å². The molecule has 0 aromatic carbocycles. The second-order valence-electron chi connectivity index (χ2n) is 7.37. The predicted octanol–water partition coefficient (Wildman–Crippen LogP) is 1.27. The largest absolute Gasteiger partial charge is 0.311 e. The minimum absolute atomic E-state index is 0.0673. The van der Waals surface area contributed by atoms with Gasteiger partial charge in [-0.15, -0.1) is 0 Å². The minimum Gasteiger partial charge on any atom is -0.311 e. The van der Waals surface area contributed by atoms with Gasteiger partial charge in [0.25, 0.3) is 11.1 Å². The van der Waals surface area contributed by atoms with E-state index in [1.165, 1.54) is 6.20 Å². The summed E-state index contributed by atoms with van der Waals surface area (Å²) >= 11 is 0. The Morgan fingerprint density at radius 3 is 2.45 bits per heavy atom. The van der Waals surface area contributed by atoms with Crippen molar-refractivity contribution in [3.05, 3.63) is 76.0 Å². The highest BCUT2D eigenvalue weighted by atomic mass is 16.1. The molecule has 1 fully saturated rings. The van der Waals surface area contributed by atoms with Crippen molar-refractivity contribution in [1.29, 1.82) is 0 Å². The molecule has 0 unspecified atom stereocenters. The van der Waals surface area contributed by atoms with Gasteiger partial charge >= 0.3 is 0 Å². The van der Waals surface area contributed by atoms with Gasteiger partial charge in [0.05, 0.1) is 11.9 Å². The van der Waals surface area contributed by atoms with Gasteiger partial charge in [0.1, 0.15) is 0 Å². The van der Waals surface area contributed by atoms with Gasteiger partial charge in [-0.05, 0) is 50.0 Å². The summed E-state index contributed by atoms with van der Waals surface area (Å²) in [5.74, 6) is 0.424. The average molecular weight is 392 g/mol. The summed E-state index contributed by atoms with van der Waals surface area (Å²) in [6, 6.07) is 7.13. The lowest BCUT2D eigenvalue weighted by Gasteiger charge is -2.32. The number of rotatable bonds is 6. The Kier molecular flexibility index (Phi) is 5.90. The van der Waals surface area contributed by atoms with Crippen molar-refractivity contribution in [3.8, 4) is 11.3 Å². The van der Waals surface area contributed by atoms with Crippen LogP contribution < -0.4 is 11.1 Å². The number of nitrogens with zero attached hydrogens (tertiary/aromatic N) is 6. The quantitative estimate of drug-likeness (QED) is 0.628. The van der Waals surface area contributed by atoms with Gasteiger partial charge in [0.2, 0.25) is 0 Å². The van der Waals surface area contributed by atoms with Crippen molar-refractivity contribution in [3.63, 3.8) is 0 Å². The summed E-state index contributed by atoms with van der Waals surface area (Å²) in [6.45, 7) is 4.06. The molecular formula is C21H24N6O2. The summed E-state index contributed by atoms with van der Waals surface area (Å²) in [5.41, 5.74) is 1.60. The molecule has 0 N–H and O–H groups in total. The first-order valence-corrected chi connectivity index (χ1v) is 9.90. The number of hydrogen-bond donors (Lipinski definition) is 0. The highest BCUT2D eigenvalue weighted by Crippen LogP contribution is 2.19. The van der Waals surface area contributed by atoms with E-state index in [0.717, 1.165) is 43.7 Å². The van der Waals surface area contributed by atoms with Gasteiger partial charge in [0, 0.05) is 56.1 Å². The minimum atomic E-state index is -0.0677. The van der Waals surface area contributed by atoms with E-state index >= 15 is 0 Å². The molecule has 3 aromatic rings. The molecule has 0 bridgehead atoms. The van der Waals surface area contributed by atoms with Gasteiger partial charge in [0.15, 0.2) is 0 Å². The number of aromatic nitrogens is 5. The lowest BCUT2D eigenvalue weighted by Crippen LogP contribution is -2.39. The second kappa shape index (κ2) is 8.91. The molecule has 4 heterocycles. The van der Waals surface area contributed by atoms with E-state index in [4.69, 9.17) is 0 Å². The standard InChI is InChI=1S/C21H24N6O2/c28-20-2-1-19(18-3-7-22-8-4-18)24-27(20)16-17-5-10-25(11-6-17)13-14-26-12-9-23-15-21(26)29/h1-4,7-9,12,15,17H,5-6,10-11,13-14,16H2. The Bertz CT molecular complexity index is 1050. The third-order valence-electron chi connectivity index (χ3n) is 5.44. The van der Waals surface area contributed by atoms with E-state index in [-0.39, 0.29) is 11.1 Å². The molecule has 3 aromatic heterocycles. The Morgan fingerprint density at radius 2 is 1.69 bits per heavy atom. The Morgan fingerprint density at radius 1 is 0.897 bits per heavy atom. The van der Waals surface area contributed by atoms with Crippen LogP contribution in [-0.2, 0) is 13.1 Å². The van der Waals surface area contributed by atoms with E-state index in [9.17, 15) is 9.59 Å². The zero-order valence-corrected chi connectivity index (χ0v) is 16.2. The van der Waals surface area contributed by atoms with Crippen LogP contribution in [0.15, 0.2) is 64.8 Å². The first-order chi connectivity index (χ1) is 14.2. The van der Waals surface area contributed by atoms with Gasteiger partial charge in [-0.2, -0.15) is 5.10 Å². The van der Waals surface area contributed by atoms with Gasteiger partial charge in [-0.3, -0.25) is 19.6 Å². The number of likely N-dealkylation sites (tertiary alicyclic amines) is 1. The summed E-state index contributed by atoms with van der Waals surface area (Å²) in [7, 11) is 0. The van der Waals surface area contributed by atoms with Crippen LogP contribution in [0.1, 0.15) is 12.8 Å². The van der Waals surface area contributed by atoms with Crippen LogP contribution in [0.5, 0.6) is 0 Å². The molecule has 8 heteroatoms. The molecule has 29 heavy (non-hydrogen) atoms. The third-order valence-corrected chi connectivity index (χ3v) is 5.44. The average Bonchev–Trinajstić information content (AvgIpc) is 2.76. The van der Waals surface area contributed by atoms with E-state index in [0.29, 0.717) is 19.0 Å². The molecule has 0 spiro atoms. The monoisotopic (exact) mass is 392 g/mol. The molecule has 0 aliphatic carbocycles. The number of pyridine rings is 1. The molecular weight excluding hydrogens is 368 g/mol. The SMILES string of the molecule is O=c1cnccn1CCN1CCC(Cn2nc(-c3ccncc3)ccc2=O)CC1. The fraction of sp³-hybridized carbons (Fsp3) is 0.381. The molecule has 1 saturated heterocycles. The lowest BCUT2D eigenvalue weighted by molar-refractivity contribution is 0.165. The second-order valence-corrected chi connectivity index (χ2v) is 7.37. The molecule has 4 rings (SSSR count). The molecule has 0 amide bonds. The number of piperidine rings is 1. The summed E-state index contributed by atoms with van der Waals surface area (Å²) in [5, 5.41) is 4.56. The predicted molar refractivity (Wildman–Crippen MR) is 109 cm³/mol. The molecule has 0 atom stereocenters. The zero-order valence-electron chi connectivity index (χ0n) is 16.2. The Labute approximate surface area is 168 Å². The highest BCUT2D eigenvalue weighted by molar-refractivity contribution is 5.56. The maximum atomic E-state index is 12.3. The van der Waals surface area contributed by atoms with Crippen molar-refractivity contribution in [1.82, 2.24) is 29.2 Å².